The fourth-order valence-electron chi connectivity index (χ4n) is 2.25. The quantitative estimate of drug-likeness (QED) is 0.927. The number of rotatable bonds is 4. The zero-order valence-corrected chi connectivity index (χ0v) is 12.2. The molecule has 1 aromatic carbocycles. The molecule has 1 saturated heterocycles. The molecule has 1 aromatic rings. The van der Waals surface area contributed by atoms with E-state index in [0.29, 0.717) is 6.54 Å². The fourth-order valence-corrected chi connectivity index (χ4v) is 2.88. The summed E-state index contributed by atoms with van der Waals surface area (Å²) in [5.74, 6) is 0.214. The van der Waals surface area contributed by atoms with Gasteiger partial charge in [0, 0.05) is 23.6 Å². The molecule has 1 N–H and O–H groups in total. The summed E-state index contributed by atoms with van der Waals surface area (Å²) in [6.45, 7) is 4.34. The molecule has 3 nitrogen and oxygen atoms in total. The minimum absolute atomic E-state index is 0.173. The molecule has 1 heterocycles. The van der Waals surface area contributed by atoms with Crippen LogP contribution in [0.3, 0.4) is 0 Å². The lowest BCUT2D eigenvalue weighted by molar-refractivity contribution is -0.129. The van der Waals surface area contributed by atoms with E-state index in [2.05, 4.69) is 34.2 Å². The minimum atomic E-state index is 0.173. The lowest BCUT2D eigenvalue weighted by atomic mass is 10.1. The Balaban J connectivity index is 1.86. The van der Waals surface area contributed by atoms with Gasteiger partial charge in [-0.15, -0.1) is 0 Å². The maximum atomic E-state index is 11.9. The number of amides is 1. The van der Waals surface area contributed by atoms with Gasteiger partial charge in [-0.25, -0.2) is 0 Å². The molecule has 0 saturated carbocycles. The molecule has 1 aliphatic rings. The van der Waals surface area contributed by atoms with Gasteiger partial charge in [0.2, 0.25) is 5.91 Å². The van der Waals surface area contributed by atoms with E-state index in [1.807, 2.05) is 23.1 Å². The molecule has 98 valence electrons. The molecular weight excluding hydrogens is 292 g/mol. The van der Waals surface area contributed by atoms with Crippen molar-refractivity contribution in [1.82, 2.24) is 10.2 Å². The zero-order chi connectivity index (χ0) is 13.0. The second kappa shape index (κ2) is 6.34. The van der Waals surface area contributed by atoms with Crippen LogP contribution in [0.5, 0.6) is 0 Å². The zero-order valence-electron chi connectivity index (χ0n) is 10.7. The first-order valence-corrected chi connectivity index (χ1v) is 7.23. The number of benzene rings is 1. The molecule has 0 aliphatic carbocycles. The molecule has 1 atom stereocenters. The molecule has 0 unspecified atom stereocenters. The first-order chi connectivity index (χ1) is 8.68. The summed E-state index contributed by atoms with van der Waals surface area (Å²) in [6.07, 6.45) is 2.29. The monoisotopic (exact) mass is 310 g/mol. The van der Waals surface area contributed by atoms with E-state index < -0.39 is 0 Å². The topological polar surface area (TPSA) is 32.3 Å². The summed E-state index contributed by atoms with van der Waals surface area (Å²) in [6, 6.07) is 8.28. The Labute approximate surface area is 117 Å². The van der Waals surface area contributed by atoms with Gasteiger partial charge < -0.3 is 10.2 Å². The van der Waals surface area contributed by atoms with Crippen molar-refractivity contribution in [1.29, 1.82) is 0 Å². The van der Waals surface area contributed by atoms with Crippen LogP contribution in [0.1, 0.15) is 31.4 Å². The van der Waals surface area contributed by atoms with Crippen LogP contribution in [-0.2, 0) is 4.79 Å². The van der Waals surface area contributed by atoms with E-state index in [1.165, 1.54) is 5.56 Å². The van der Waals surface area contributed by atoms with Crippen molar-refractivity contribution in [3.05, 3.63) is 34.3 Å². The smallest absolute Gasteiger partial charge is 0.236 e. The van der Waals surface area contributed by atoms with E-state index in [-0.39, 0.29) is 11.9 Å². The van der Waals surface area contributed by atoms with Gasteiger partial charge in [-0.2, -0.15) is 0 Å². The van der Waals surface area contributed by atoms with Crippen LogP contribution in [0.25, 0.3) is 0 Å². The van der Waals surface area contributed by atoms with E-state index >= 15 is 0 Å². The van der Waals surface area contributed by atoms with Crippen molar-refractivity contribution in [3.63, 3.8) is 0 Å². The summed E-state index contributed by atoms with van der Waals surface area (Å²) in [4.78, 5) is 13.9. The van der Waals surface area contributed by atoms with Crippen molar-refractivity contribution in [2.45, 2.75) is 25.8 Å². The molecule has 1 amide bonds. The van der Waals surface area contributed by atoms with Crippen molar-refractivity contribution >= 4 is 21.8 Å². The second-order valence-electron chi connectivity index (χ2n) is 4.71. The van der Waals surface area contributed by atoms with Gasteiger partial charge in [0.05, 0.1) is 6.54 Å². The number of nitrogens with zero attached hydrogens (tertiary/aromatic N) is 1. The van der Waals surface area contributed by atoms with E-state index in [1.54, 1.807) is 0 Å². The molecule has 18 heavy (non-hydrogen) atoms. The molecule has 0 bridgehead atoms. The highest BCUT2D eigenvalue weighted by Gasteiger charge is 2.18. The number of hydrogen-bond acceptors (Lipinski definition) is 2. The predicted octanol–water partition coefficient (Wildman–Crippen LogP) is 2.72. The van der Waals surface area contributed by atoms with Crippen LogP contribution in [0.4, 0.5) is 0 Å². The number of carbonyl (C=O) groups is 1. The van der Waals surface area contributed by atoms with Gasteiger partial charge in [-0.3, -0.25) is 4.79 Å². The van der Waals surface area contributed by atoms with Crippen molar-refractivity contribution < 1.29 is 4.79 Å². The largest absolute Gasteiger partial charge is 0.342 e. The summed E-state index contributed by atoms with van der Waals surface area (Å²) in [5.41, 5.74) is 1.19. The van der Waals surface area contributed by atoms with Crippen LogP contribution in [0.15, 0.2) is 28.7 Å². The third-order valence-corrected chi connectivity index (χ3v) is 4.11. The molecule has 0 aromatic heterocycles. The third kappa shape index (κ3) is 3.33. The van der Waals surface area contributed by atoms with Gasteiger partial charge >= 0.3 is 0 Å². The molecular formula is C14H19BrN2O. The average molecular weight is 311 g/mol. The highest BCUT2D eigenvalue weighted by atomic mass is 79.9. The van der Waals surface area contributed by atoms with E-state index in [9.17, 15) is 4.79 Å². The van der Waals surface area contributed by atoms with Crippen molar-refractivity contribution in [2.75, 3.05) is 19.6 Å². The van der Waals surface area contributed by atoms with Crippen LogP contribution >= 0.6 is 15.9 Å². The molecule has 0 radical (unpaired) electrons. The minimum Gasteiger partial charge on any atom is -0.342 e. The van der Waals surface area contributed by atoms with Gasteiger partial charge in [-0.05, 0) is 31.4 Å². The van der Waals surface area contributed by atoms with Crippen LogP contribution in [0.2, 0.25) is 0 Å². The predicted molar refractivity (Wildman–Crippen MR) is 76.4 cm³/mol. The number of nitrogens with one attached hydrogen (secondary N) is 1. The summed E-state index contributed by atoms with van der Waals surface area (Å²) in [7, 11) is 0. The lowest BCUT2D eigenvalue weighted by Crippen LogP contribution is -2.37. The van der Waals surface area contributed by atoms with Gasteiger partial charge in [0.15, 0.2) is 0 Å². The Kier molecular flexibility index (Phi) is 4.78. The van der Waals surface area contributed by atoms with Crippen molar-refractivity contribution in [2.24, 2.45) is 0 Å². The Morgan fingerprint density at radius 1 is 1.39 bits per heavy atom. The summed E-state index contributed by atoms with van der Waals surface area (Å²) in [5, 5.41) is 3.30. The molecule has 0 spiro atoms. The third-order valence-electron chi connectivity index (χ3n) is 3.39. The van der Waals surface area contributed by atoms with Gasteiger partial charge in [0.25, 0.3) is 0 Å². The first-order valence-electron chi connectivity index (χ1n) is 6.44. The second-order valence-corrected chi connectivity index (χ2v) is 5.57. The molecule has 2 rings (SSSR count). The fraction of sp³-hybridized carbons (Fsp3) is 0.500. The van der Waals surface area contributed by atoms with Gasteiger partial charge in [0.1, 0.15) is 0 Å². The normalized spacial score (nSPS) is 16.9. The van der Waals surface area contributed by atoms with Crippen LogP contribution < -0.4 is 5.32 Å². The Morgan fingerprint density at radius 3 is 2.72 bits per heavy atom. The van der Waals surface area contributed by atoms with Crippen LogP contribution in [0, 0.1) is 0 Å². The average Bonchev–Trinajstić information content (AvgIpc) is 2.90. The van der Waals surface area contributed by atoms with Crippen LogP contribution in [-0.4, -0.2) is 30.4 Å². The lowest BCUT2D eigenvalue weighted by Gasteiger charge is -2.19. The van der Waals surface area contributed by atoms with E-state index in [4.69, 9.17) is 0 Å². The first kappa shape index (κ1) is 13.6. The molecule has 1 aliphatic heterocycles. The summed E-state index contributed by atoms with van der Waals surface area (Å²) < 4.78 is 1.08. The maximum absolute atomic E-state index is 11.9. The Hall–Kier alpha value is -0.870. The summed E-state index contributed by atoms with van der Waals surface area (Å²) >= 11 is 3.53. The number of likely N-dealkylation sites (tertiary alicyclic amines) is 1. The van der Waals surface area contributed by atoms with Gasteiger partial charge in [-0.1, -0.05) is 34.1 Å². The van der Waals surface area contributed by atoms with Crippen molar-refractivity contribution in [3.8, 4) is 0 Å². The highest BCUT2D eigenvalue weighted by Crippen LogP contribution is 2.22. The Morgan fingerprint density at radius 2 is 2.06 bits per heavy atom. The molecule has 4 heteroatoms. The standard InChI is InChI=1S/C14H19BrN2O/c1-11(12-6-2-3-7-13(12)15)16-10-14(18)17-8-4-5-9-17/h2-3,6-7,11,16H,4-5,8-10H2,1H3/t11-/m1/s1. The Bertz CT molecular complexity index is 416. The highest BCUT2D eigenvalue weighted by molar-refractivity contribution is 9.10. The number of carbonyl (C=O) groups excluding carboxylic acids is 1. The maximum Gasteiger partial charge on any atom is 0.236 e. The van der Waals surface area contributed by atoms with E-state index in [0.717, 1.165) is 30.4 Å². The number of halogens is 1. The SMILES string of the molecule is C[C@@H](NCC(=O)N1CCCC1)c1ccccc1Br. The molecule has 1 fully saturated rings. The number of hydrogen-bond donors (Lipinski definition) is 1.